The van der Waals surface area contributed by atoms with Crippen LogP contribution in [-0.4, -0.2) is 34.5 Å². The van der Waals surface area contributed by atoms with Gasteiger partial charge in [0.15, 0.2) is 0 Å². The molecule has 1 aromatic carbocycles. The number of ether oxygens (including phenoxy) is 3. The Kier molecular flexibility index (Phi) is 6.54. The van der Waals surface area contributed by atoms with Gasteiger partial charge in [-0.15, -0.1) is 0 Å². The molecule has 0 bridgehead atoms. The molecule has 4 heteroatoms. The molecule has 0 aliphatic carbocycles. The molecule has 0 saturated carbocycles. The smallest absolute Gasteiger partial charge is 0.122 e. The highest BCUT2D eigenvalue weighted by atomic mass is 16.5. The Labute approximate surface area is 109 Å². The Bertz CT molecular complexity index is 333. The second kappa shape index (κ2) is 7.95. The van der Waals surface area contributed by atoms with E-state index in [1.807, 2.05) is 18.2 Å². The summed E-state index contributed by atoms with van der Waals surface area (Å²) >= 11 is 0. The molecule has 1 atom stereocenters. The maximum Gasteiger partial charge on any atom is 0.122 e. The predicted octanol–water partition coefficient (Wildman–Crippen LogP) is 2.08. The fourth-order valence-electron chi connectivity index (χ4n) is 1.77. The van der Waals surface area contributed by atoms with E-state index in [0.717, 1.165) is 36.8 Å². The van der Waals surface area contributed by atoms with E-state index in [1.54, 1.807) is 21.3 Å². The molecule has 1 N–H and O–H groups in total. The lowest BCUT2D eigenvalue weighted by atomic mass is 10.1. The molecule has 0 radical (unpaired) electrons. The minimum atomic E-state index is 0.502. The maximum atomic E-state index is 5.24. The van der Waals surface area contributed by atoms with Crippen LogP contribution < -0.4 is 14.8 Å². The fourth-order valence-corrected chi connectivity index (χ4v) is 1.77. The number of benzene rings is 1. The molecule has 4 nitrogen and oxygen atoms in total. The second-order valence-electron chi connectivity index (χ2n) is 4.41. The van der Waals surface area contributed by atoms with Crippen molar-refractivity contribution in [3.8, 4) is 11.5 Å². The highest BCUT2D eigenvalue weighted by Gasteiger charge is 2.03. The molecule has 1 rings (SSSR count). The quantitative estimate of drug-likeness (QED) is 0.770. The molecular weight excluding hydrogens is 230 g/mol. The second-order valence-corrected chi connectivity index (χ2v) is 4.41. The number of nitrogens with one attached hydrogen (secondary N) is 1. The van der Waals surface area contributed by atoms with E-state index in [9.17, 15) is 0 Å². The van der Waals surface area contributed by atoms with Crippen molar-refractivity contribution in [2.24, 2.45) is 5.92 Å². The summed E-state index contributed by atoms with van der Waals surface area (Å²) in [4.78, 5) is 0. The van der Waals surface area contributed by atoms with E-state index >= 15 is 0 Å². The normalized spacial score (nSPS) is 12.2. The standard InChI is InChI=1S/C14H23NO3/c1-11(10-16-2)8-15-9-12-5-13(17-3)7-14(6-12)18-4/h5-7,11,15H,8-10H2,1-4H3. The third-order valence-electron chi connectivity index (χ3n) is 2.68. The van der Waals surface area contributed by atoms with Crippen LogP contribution in [0, 0.1) is 5.92 Å². The predicted molar refractivity (Wildman–Crippen MR) is 72.3 cm³/mol. The van der Waals surface area contributed by atoms with Crippen molar-refractivity contribution in [1.29, 1.82) is 0 Å². The Morgan fingerprint density at radius 2 is 1.67 bits per heavy atom. The number of hydrogen-bond donors (Lipinski definition) is 1. The lowest BCUT2D eigenvalue weighted by molar-refractivity contribution is 0.158. The van der Waals surface area contributed by atoms with Crippen LogP contribution in [0.5, 0.6) is 11.5 Å². The zero-order valence-corrected chi connectivity index (χ0v) is 11.7. The summed E-state index contributed by atoms with van der Waals surface area (Å²) in [6.45, 7) is 4.64. The van der Waals surface area contributed by atoms with Gasteiger partial charge < -0.3 is 19.5 Å². The lowest BCUT2D eigenvalue weighted by Gasteiger charge is -2.12. The molecule has 0 aromatic heterocycles. The van der Waals surface area contributed by atoms with Crippen LogP contribution in [0.1, 0.15) is 12.5 Å². The minimum absolute atomic E-state index is 0.502. The van der Waals surface area contributed by atoms with Gasteiger partial charge in [-0.25, -0.2) is 0 Å². The van der Waals surface area contributed by atoms with Crippen molar-refractivity contribution in [3.05, 3.63) is 23.8 Å². The van der Waals surface area contributed by atoms with Crippen molar-refractivity contribution in [1.82, 2.24) is 5.32 Å². The van der Waals surface area contributed by atoms with Crippen LogP contribution in [0.2, 0.25) is 0 Å². The van der Waals surface area contributed by atoms with Gasteiger partial charge in [0.2, 0.25) is 0 Å². The minimum Gasteiger partial charge on any atom is -0.497 e. The van der Waals surface area contributed by atoms with Crippen LogP contribution in [0.25, 0.3) is 0 Å². The number of methoxy groups -OCH3 is 3. The van der Waals surface area contributed by atoms with Crippen LogP contribution in [-0.2, 0) is 11.3 Å². The topological polar surface area (TPSA) is 39.7 Å². The summed E-state index contributed by atoms with van der Waals surface area (Å²) in [5.41, 5.74) is 1.15. The molecule has 0 heterocycles. The molecule has 1 unspecified atom stereocenters. The van der Waals surface area contributed by atoms with Gasteiger partial charge in [-0.1, -0.05) is 6.92 Å². The zero-order chi connectivity index (χ0) is 13.4. The maximum absolute atomic E-state index is 5.24. The Morgan fingerprint density at radius 1 is 1.06 bits per heavy atom. The van der Waals surface area contributed by atoms with Crippen LogP contribution in [0.4, 0.5) is 0 Å². The van der Waals surface area contributed by atoms with Gasteiger partial charge in [0.1, 0.15) is 11.5 Å². The van der Waals surface area contributed by atoms with Crippen molar-refractivity contribution >= 4 is 0 Å². The summed E-state index contributed by atoms with van der Waals surface area (Å²) in [7, 11) is 5.04. The first-order chi connectivity index (χ1) is 8.69. The van der Waals surface area contributed by atoms with Crippen LogP contribution in [0.15, 0.2) is 18.2 Å². The van der Waals surface area contributed by atoms with Gasteiger partial charge in [0, 0.05) is 32.9 Å². The number of rotatable bonds is 8. The first kappa shape index (κ1) is 14.8. The highest BCUT2D eigenvalue weighted by molar-refractivity contribution is 5.38. The molecule has 0 fully saturated rings. The van der Waals surface area contributed by atoms with Gasteiger partial charge in [-0.2, -0.15) is 0 Å². The molecule has 0 aliphatic rings. The summed E-state index contributed by atoms with van der Waals surface area (Å²) < 4.78 is 15.6. The van der Waals surface area contributed by atoms with E-state index in [4.69, 9.17) is 14.2 Å². The first-order valence-corrected chi connectivity index (χ1v) is 6.11. The van der Waals surface area contributed by atoms with Crippen molar-refractivity contribution in [2.45, 2.75) is 13.5 Å². The third kappa shape index (κ3) is 4.94. The van der Waals surface area contributed by atoms with E-state index in [2.05, 4.69) is 12.2 Å². The average Bonchev–Trinajstić information content (AvgIpc) is 2.38. The molecule has 0 saturated heterocycles. The van der Waals surface area contributed by atoms with Gasteiger partial charge >= 0.3 is 0 Å². The fraction of sp³-hybridized carbons (Fsp3) is 0.571. The highest BCUT2D eigenvalue weighted by Crippen LogP contribution is 2.22. The van der Waals surface area contributed by atoms with Crippen molar-refractivity contribution in [2.75, 3.05) is 34.5 Å². The van der Waals surface area contributed by atoms with Gasteiger partial charge in [-0.3, -0.25) is 0 Å². The molecule has 18 heavy (non-hydrogen) atoms. The van der Waals surface area contributed by atoms with Crippen molar-refractivity contribution in [3.63, 3.8) is 0 Å². The van der Waals surface area contributed by atoms with E-state index in [0.29, 0.717) is 5.92 Å². The summed E-state index contributed by atoms with van der Waals surface area (Å²) in [5, 5.41) is 3.40. The summed E-state index contributed by atoms with van der Waals surface area (Å²) in [5.74, 6) is 2.13. The third-order valence-corrected chi connectivity index (χ3v) is 2.68. The molecule has 0 spiro atoms. The van der Waals surface area contributed by atoms with Crippen LogP contribution >= 0.6 is 0 Å². The average molecular weight is 253 g/mol. The van der Waals surface area contributed by atoms with Gasteiger partial charge in [0.05, 0.1) is 14.2 Å². The molecule has 0 amide bonds. The summed E-state index contributed by atoms with van der Waals surface area (Å²) in [6.07, 6.45) is 0. The van der Waals surface area contributed by atoms with Gasteiger partial charge in [0.25, 0.3) is 0 Å². The SMILES string of the molecule is COCC(C)CNCc1cc(OC)cc(OC)c1. The molecule has 102 valence electrons. The molecular formula is C14H23NO3. The first-order valence-electron chi connectivity index (χ1n) is 6.11. The lowest BCUT2D eigenvalue weighted by Crippen LogP contribution is -2.23. The van der Waals surface area contributed by atoms with Crippen molar-refractivity contribution < 1.29 is 14.2 Å². The Hall–Kier alpha value is -1.26. The van der Waals surface area contributed by atoms with Crippen LogP contribution in [0.3, 0.4) is 0 Å². The molecule has 0 aliphatic heterocycles. The Morgan fingerprint density at radius 3 is 2.17 bits per heavy atom. The Balaban J connectivity index is 2.50. The monoisotopic (exact) mass is 253 g/mol. The van der Waals surface area contributed by atoms with E-state index in [-0.39, 0.29) is 0 Å². The largest absolute Gasteiger partial charge is 0.497 e. The van der Waals surface area contributed by atoms with E-state index in [1.165, 1.54) is 0 Å². The van der Waals surface area contributed by atoms with E-state index < -0.39 is 0 Å². The summed E-state index contributed by atoms with van der Waals surface area (Å²) in [6, 6.07) is 5.89. The number of hydrogen-bond acceptors (Lipinski definition) is 4. The molecule has 1 aromatic rings. The zero-order valence-electron chi connectivity index (χ0n) is 11.7. The van der Waals surface area contributed by atoms with Gasteiger partial charge in [-0.05, 0) is 23.6 Å².